The maximum absolute atomic E-state index is 5.87. The molecule has 78 valence electrons. The van der Waals surface area contributed by atoms with Crippen LogP contribution in [0.4, 0.5) is 0 Å². The summed E-state index contributed by atoms with van der Waals surface area (Å²) in [6.45, 7) is 2.34. The van der Waals surface area contributed by atoms with Crippen LogP contribution in [0.3, 0.4) is 0 Å². The van der Waals surface area contributed by atoms with Gasteiger partial charge in [0.05, 0.1) is 17.9 Å². The number of hydrogen-bond acceptors (Lipinski definition) is 1. The van der Waals surface area contributed by atoms with Gasteiger partial charge in [-0.1, -0.05) is 19.8 Å². The van der Waals surface area contributed by atoms with E-state index in [9.17, 15) is 0 Å². The van der Waals surface area contributed by atoms with Crippen LogP contribution in [0.5, 0.6) is 0 Å². The van der Waals surface area contributed by atoms with E-state index in [2.05, 4.69) is 16.5 Å². The first kappa shape index (κ1) is 10.0. The number of hydrogen-bond donors (Lipinski definition) is 0. The van der Waals surface area contributed by atoms with Crippen LogP contribution in [0.2, 0.25) is 0 Å². The fourth-order valence-corrected chi connectivity index (χ4v) is 2.63. The van der Waals surface area contributed by atoms with E-state index in [1.807, 2.05) is 12.5 Å². The Morgan fingerprint density at radius 2 is 2.43 bits per heavy atom. The molecule has 1 heterocycles. The first-order valence-electron chi connectivity index (χ1n) is 5.38. The molecule has 0 spiro atoms. The fourth-order valence-electron chi connectivity index (χ4n) is 2.42. The van der Waals surface area contributed by atoms with Gasteiger partial charge in [0.1, 0.15) is 0 Å². The Kier molecular flexibility index (Phi) is 3.12. The molecule has 0 saturated heterocycles. The molecular weight excluding hydrogens is 196 g/mol. The van der Waals surface area contributed by atoms with E-state index in [1.165, 1.54) is 25.7 Å². The number of aromatic nitrogens is 2. The van der Waals surface area contributed by atoms with Crippen LogP contribution >= 0.6 is 11.6 Å². The molecule has 1 aromatic heterocycles. The van der Waals surface area contributed by atoms with Gasteiger partial charge >= 0.3 is 0 Å². The number of halogens is 1. The molecule has 2 rings (SSSR count). The van der Waals surface area contributed by atoms with Crippen molar-refractivity contribution in [2.45, 2.75) is 44.5 Å². The lowest BCUT2D eigenvalue weighted by molar-refractivity contribution is 0.279. The average molecular weight is 213 g/mol. The summed E-state index contributed by atoms with van der Waals surface area (Å²) in [6, 6.07) is 0.634. The zero-order chi connectivity index (χ0) is 9.97. The third kappa shape index (κ3) is 1.95. The molecule has 2 nitrogen and oxygen atoms in total. The number of alkyl halides is 1. The van der Waals surface area contributed by atoms with Crippen LogP contribution in [-0.4, -0.2) is 9.55 Å². The standard InChI is InChI=1S/C11H17ClN2/c1-9-3-2-4-10(5-9)14-8-13-7-11(14)6-12/h7-10H,2-6H2,1H3. The maximum Gasteiger partial charge on any atom is 0.0951 e. The average Bonchev–Trinajstić information content (AvgIpc) is 2.65. The molecule has 1 aliphatic carbocycles. The first-order chi connectivity index (χ1) is 6.81. The zero-order valence-corrected chi connectivity index (χ0v) is 9.37. The maximum atomic E-state index is 5.87. The number of rotatable bonds is 2. The van der Waals surface area contributed by atoms with Gasteiger partial charge in [0.2, 0.25) is 0 Å². The van der Waals surface area contributed by atoms with Gasteiger partial charge in [0.25, 0.3) is 0 Å². The van der Waals surface area contributed by atoms with E-state index in [1.54, 1.807) is 0 Å². The molecule has 1 aromatic rings. The van der Waals surface area contributed by atoms with E-state index < -0.39 is 0 Å². The Morgan fingerprint density at radius 1 is 1.57 bits per heavy atom. The predicted octanol–water partition coefficient (Wildman–Crippen LogP) is 3.37. The largest absolute Gasteiger partial charge is 0.330 e. The molecule has 0 amide bonds. The second kappa shape index (κ2) is 4.35. The van der Waals surface area contributed by atoms with Crippen molar-refractivity contribution in [2.24, 2.45) is 5.92 Å². The van der Waals surface area contributed by atoms with Crippen molar-refractivity contribution < 1.29 is 0 Å². The van der Waals surface area contributed by atoms with Crippen molar-refractivity contribution in [2.75, 3.05) is 0 Å². The summed E-state index contributed by atoms with van der Waals surface area (Å²) in [5.74, 6) is 1.42. The van der Waals surface area contributed by atoms with E-state index in [0.717, 1.165) is 11.6 Å². The molecule has 1 aliphatic rings. The van der Waals surface area contributed by atoms with Crippen LogP contribution in [0.1, 0.15) is 44.3 Å². The van der Waals surface area contributed by atoms with E-state index in [4.69, 9.17) is 11.6 Å². The molecule has 1 fully saturated rings. The smallest absolute Gasteiger partial charge is 0.0951 e. The lowest BCUT2D eigenvalue weighted by Gasteiger charge is -2.28. The molecular formula is C11H17ClN2. The number of imidazole rings is 1. The monoisotopic (exact) mass is 212 g/mol. The topological polar surface area (TPSA) is 17.8 Å². The molecule has 3 heteroatoms. The third-order valence-corrected chi connectivity index (χ3v) is 3.46. The Hall–Kier alpha value is -0.500. The highest BCUT2D eigenvalue weighted by atomic mass is 35.5. The van der Waals surface area contributed by atoms with E-state index >= 15 is 0 Å². The normalized spacial score (nSPS) is 27.9. The molecule has 0 N–H and O–H groups in total. The fraction of sp³-hybridized carbons (Fsp3) is 0.727. The van der Waals surface area contributed by atoms with Crippen LogP contribution < -0.4 is 0 Å². The summed E-state index contributed by atoms with van der Waals surface area (Å²) in [4.78, 5) is 4.17. The Labute approximate surface area is 90.3 Å². The lowest BCUT2D eigenvalue weighted by Crippen LogP contribution is -2.18. The van der Waals surface area contributed by atoms with Crippen molar-refractivity contribution in [3.63, 3.8) is 0 Å². The van der Waals surface area contributed by atoms with Crippen LogP contribution in [0.15, 0.2) is 12.5 Å². The van der Waals surface area contributed by atoms with Gasteiger partial charge in [-0.3, -0.25) is 0 Å². The summed E-state index contributed by atoms with van der Waals surface area (Å²) in [7, 11) is 0. The summed E-state index contributed by atoms with van der Waals surface area (Å²) in [6.07, 6.45) is 9.09. The highest BCUT2D eigenvalue weighted by Crippen LogP contribution is 2.32. The second-order valence-corrected chi connectivity index (χ2v) is 4.62. The third-order valence-electron chi connectivity index (χ3n) is 3.19. The van der Waals surface area contributed by atoms with Gasteiger partial charge < -0.3 is 4.57 Å². The van der Waals surface area contributed by atoms with Crippen molar-refractivity contribution in [3.05, 3.63) is 18.2 Å². The van der Waals surface area contributed by atoms with Crippen molar-refractivity contribution in [1.29, 1.82) is 0 Å². The Bertz CT molecular complexity index is 295. The summed E-state index contributed by atoms with van der Waals surface area (Å²) >= 11 is 5.87. The minimum absolute atomic E-state index is 0.574. The summed E-state index contributed by atoms with van der Waals surface area (Å²) in [5, 5.41) is 0. The van der Waals surface area contributed by atoms with Gasteiger partial charge in [0, 0.05) is 12.2 Å². The van der Waals surface area contributed by atoms with Gasteiger partial charge in [-0.15, -0.1) is 11.6 Å². The van der Waals surface area contributed by atoms with Gasteiger partial charge in [-0.25, -0.2) is 4.98 Å². The molecule has 2 atom stereocenters. The first-order valence-corrected chi connectivity index (χ1v) is 5.91. The molecule has 2 unspecified atom stereocenters. The molecule has 0 radical (unpaired) electrons. The second-order valence-electron chi connectivity index (χ2n) is 4.35. The summed E-state index contributed by atoms with van der Waals surface area (Å²) in [5.41, 5.74) is 1.16. The lowest BCUT2D eigenvalue weighted by atomic mass is 9.87. The summed E-state index contributed by atoms with van der Waals surface area (Å²) < 4.78 is 2.27. The molecule has 1 saturated carbocycles. The molecule has 0 aromatic carbocycles. The van der Waals surface area contributed by atoms with Gasteiger partial charge in [0.15, 0.2) is 0 Å². The zero-order valence-electron chi connectivity index (χ0n) is 8.62. The quantitative estimate of drug-likeness (QED) is 0.688. The van der Waals surface area contributed by atoms with Gasteiger partial charge in [-0.05, 0) is 18.8 Å². The van der Waals surface area contributed by atoms with Crippen LogP contribution in [0.25, 0.3) is 0 Å². The van der Waals surface area contributed by atoms with Gasteiger partial charge in [-0.2, -0.15) is 0 Å². The minimum Gasteiger partial charge on any atom is -0.330 e. The number of nitrogens with zero attached hydrogens (tertiary/aromatic N) is 2. The van der Waals surface area contributed by atoms with Crippen molar-refractivity contribution in [1.82, 2.24) is 9.55 Å². The Balaban J connectivity index is 2.13. The highest BCUT2D eigenvalue weighted by molar-refractivity contribution is 6.16. The Morgan fingerprint density at radius 3 is 3.14 bits per heavy atom. The van der Waals surface area contributed by atoms with Crippen molar-refractivity contribution >= 4 is 11.6 Å². The highest BCUT2D eigenvalue weighted by Gasteiger charge is 2.21. The van der Waals surface area contributed by atoms with Crippen LogP contribution in [-0.2, 0) is 5.88 Å². The molecule has 0 bridgehead atoms. The molecule has 14 heavy (non-hydrogen) atoms. The molecule has 0 aliphatic heterocycles. The minimum atomic E-state index is 0.574. The van der Waals surface area contributed by atoms with E-state index in [0.29, 0.717) is 11.9 Å². The van der Waals surface area contributed by atoms with Crippen LogP contribution in [0, 0.1) is 5.92 Å². The van der Waals surface area contributed by atoms with E-state index in [-0.39, 0.29) is 0 Å². The SMILES string of the molecule is CC1CCCC(n2cncc2CCl)C1. The predicted molar refractivity (Wildman–Crippen MR) is 58.5 cm³/mol. The van der Waals surface area contributed by atoms with Crippen molar-refractivity contribution in [3.8, 4) is 0 Å².